The van der Waals surface area contributed by atoms with E-state index in [1.54, 1.807) is 0 Å². The molecule has 1 aliphatic heterocycles. The lowest BCUT2D eigenvalue weighted by Gasteiger charge is -2.23. The number of likely N-dealkylation sites (N-methyl/N-ethyl adjacent to an activating group) is 1. The maximum absolute atomic E-state index is 12.9. The number of carbonyl (C=O) groups excluding carboxylic acids is 1. The highest BCUT2D eigenvalue weighted by atomic mass is 19.3. The van der Waals surface area contributed by atoms with Crippen LogP contribution in [0.25, 0.3) is 0 Å². The molecule has 106 valence electrons. The molecule has 2 N–H and O–H groups in total. The summed E-state index contributed by atoms with van der Waals surface area (Å²) in [6.07, 6.45) is -0.440. The van der Waals surface area contributed by atoms with Crippen molar-refractivity contribution in [1.29, 1.82) is 0 Å². The van der Waals surface area contributed by atoms with Crippen molar-refractivity contribution >= 4 is 5.97 Å². The number of hydrogen-bond acceptors (Lipinski definition) is 4. The van der Waals surface area contributed by atoms with Crippen LogP contribution in [-0.4, -0.2) is 49.1 Å². The van der Waals surface area contributed by atoms with Crippen LogP contribution in [0.3, 0.4) is 0 Å². The molecule has 0 spiro atoms. The molecule has 4 nitrogen and oxygen atoms in total. The number of hydrogen-bond donors (Lipinski definition) is 1. The van der Waals surface area contributed by atoms with Crippen LogP contribution in [0.4, 0.5) is 8.78 Å². The number of alkyl halides is 2. The fourth-order valence-electron chi connectivity index (χ4n) is 1.89. The first-order chi connectivity index (χ1) is 8.22. The molecule has 0 radical (unpaired) electrons. The van der Waals surface area contributed by atoms with Crippen molar-refractivity contribution in [1.82, 2.24) is 4.90 Å². The summed E-state index contributed by atoms with van der Waals surface area (Å²) in [6.45, 7) is 5.12. The van der Waals surface area contributed by atoms with Gasteiger partial charge in [0.2, 0.25) is 0 Å². The molecule has 0 aromatic rings. The molecule has 2 atom stereocenters. The molecule has 1 rings (SSSR count). The number of ether oxygens (including phenoxy) is 1. The summed E-state index contributed by atoms with van der Waals surface area (Å²) in [6, 6.07) is 0.0972. The highest BCUT2D eigenvalue weighted by Gasteiger charge is 2.50. The van der Waals surface area contributed by atoms with Gasteiger partial charge in [-0.3, -0.25) is 0 Å². The fraction of sp³-hybridized carbons (Fsp3) is 0.917. The Morgan fingerprint density at radius 3 is 2.61 bits per heavy atom. The van der Waals surface area contributed by atoms with Gasteiger partial charge in [0, 0.05) is 12.6 Å². The molecule has 0 aromatic heterocycles. The largest absolute Gasteiger partial charge is 0.456 e. The number of halogens is 2. The second-order valence-electron chi connectivity index (χ2n) is 5.39. The van der Waals surface area contributed by atoms with Gasteiger partial charge < -0.3 is 15.4 Å². The highest BCUT2D eigenvalue weighted by Crippen LogP contribution is 2.31. The third kappa shape index (κ3) is 4.17. The average molecular weight is 264 g/mol. The molecule has 0 amide bonds. The van der Waals surface area contributed by atoms with Crippen LogP contribution in [0.1, 0.15) is 26.7 Å². The van der Waals surface area contributed by atoms with Gasteiger partial charge in [-0.15, -0.1) is 0 Å². The second-order valence-corrected chi connectivity index (χ2v) is 5.39. The van der Waals surface area contributed by atoms with E-state index in [2.05, 4.69) is 4.74 Å². The SMILES string of the molecule is CC(C)C(N)CCN(C)CC1CC(F)(F)C(=O)O1. The number of cyclic esters (lactones) is 1. The summed E-state index contributed by atoms with van der Waals surface area (Å²) < 4.78 is 30.5. The summed E-state index contributed by atoms with van der Waals surface area (Å²) in [5.74, 6) is -4.33. The quantitative estimate of drug-likeness (QED) is 0.733. The summed E-state index contributed by atoms with van der Waals surface area (Å²) in [7, 11) is 1.82. The van der Waals surface area contributed by atoms with Crippen LogP contribution < -0.4 is 5.73 Å². The first-order valence-electron chi connectivity index (χ1n) is 6.25. The van der Waals surface area contributed by atoms with Crippen molar-refractivity contribution in [3.05, 3.63) is 0 Å². The van der Waals surface area contributed by atoms with Crippen LogP contribution in [0, 0.1) is 5.92 Å². The van der Waals surface area contributed by atoms with E-state index in [1.165, 1.54) is 0 Å². The van der Waals surface area contributed by atoms with Gasteiger partial charge in [0.15, 0.2) is 0 Å². The summed E-state index contributed by atoms with van der Waals surface area (Å²) in [4.78, 5) is 12.7. The standard InChI is InChI=1S/C12H22F2N2O2/c1-8(2)10(15)4-5-16(3)7-9-6-12(13,14)11(17)18-9/h8-10H,4-7,15H2,1-3H3. The zero-order valence-electron chi connectivity index (χ0n) is 11.2. The van der Waals surface area contributed by atoms with E-state index in [-0.39, 0.29) is 6.04 Å². The maximum Gasteiger partial charge on any atom is 0.377 e. The minimum Gasteiger partial charge on any atom is -0.456 e. The van der Waals surface area contributed by atoms with Gasteiger partial charge in [0.1, 0.15) is 6.10 Å². The van der Waals surface area contributed by atoms with Crippen LogP contribution >= 0.6 is 0 Å². The Kier molecular flexibility index (Phi) is 5.04. The predicted molar refractivity (Wildman–Crippen MR) is 64.4 cm³/mol. The molecular weight excluding hydrogens is 242 g/mol. The van der Waals surface area contributed by atoms with E-state index in [9.17, 15) is 13.6 Å². The highest BCUT2D eigenvalue weighted by molar-refractivity contribution is 5.79. The van der Waals surface area contributed by atoms with Gasteiger partial charge in [0.25, 0.3) is 0 Å². The van der Waals surface area contributed by atoms with Gasteiger partial charge >= 0.3 is 11.9 Å². The molecule has 0 saturated carbocycles. The second kappa shape index (κ2) is 5.93. The van der Waals surface area contributed by atoms with Gasteiger partial charge in [0.05, 0.1) is 6.42 Å². The lowest BCUT2D eigenvalue weighted by atomic mass is 10.0. The van der Waals surface area contributed by atoms with E-state index in [0.717, 1.165) is 6.42 Å². The van der Waals surface area contributed by atoms with Crippen molar-refractivity contribution in [2.45, 2.75) is 44.8 Å². The predicted octanol–water partition coefficient (Wildman–Crippen LogP) is 1.24. The summed E-state index contributed by atoms with van der Waals surface area (Å²) in [5, 5.41) is 0. The monoisotopic (exact) mass is 264 g/mol. The van der Waals surface area contributed by atoms with Gasteiger partial charge in [-0.2, -0.15) is 8.78 Å². The Hall–Kier alpha value is -0.750. The Labute approximate surface area is 106 Å². The van der Waals surface area contributed by atoms with Crippen LogP contribution in [0.15, 0.2) is 0 Å². The fourth-order valence-corrected chi connectivity index (χ4v) is 1.89. The molecule has 1 heterocycles. The van der Waals surface area contributed by atoms with Gasteiger partial charge in [-0.25, -0.2) is 4.79 Å². The maximum atomic E-state index is 12.9. The Morgan fingerprint density at radius 2 is 2.17 bits per heavy atom. The minimum atomic E-state index is -3.32. The number of nitrogens with zero attached hydrogens (tertiary/aromatic N) is 1. The van der Waals surface area contributed by atoms with E-state index in [1.807, 2.05) is 25.8 Å². The van der Waals surface area contributed by atoms with E-state index in [4.69, 9.17) is 5.73 Å². The van der Waals surface area contributed by atoms with Crippen LogP contribution in [0.5, 0.6) is 0 Å². The third-order valence-corrected chi connectivity index (χ3v) is 3.27. The smallest absolute Gasteiger partial charge is 0.377 e. The first-order valence-corrected chi connectivity index (χ1v) is 6.25. The number of carbonyl (C=O) groups is 1. The van der Waals surface area contributed by atoms with E-state index >= 15 is 0 Å². The minimum absolute atomic E-state index is 0.0972. The molecule has 1 fully saturated rings. The summed E-state index contributed by atoms with van der Waals surface area (Å²) >= 11 is 0. The molecule has 1 aliphatic rings. The number of nitrogens with two attached hydrogens (primary N) is 1. The molecule has 18 heavy (non-hydrogen) atoms. The van der Waals surface area contributed by atoms with Crippen LogP contribution in [-0.2, 0) is 9.53 Å². The Balaban J connectivity index is 2.29. The lowest BCUT2D eigenvalue weighted by molar-refractivity contribution is -0.159. The van der Waals surface area contributed by atoms with Crippen molar-refractivity contribution in [2.24, 2.45) is 11.7 Å². The molecule has 0 aliphatic carbocycles. The third-order valence-electron chi connectivity index (χ3n) is 3.27. The molecular formula is C12H22F2N2O2. The zero-order chi connectivity index (χ0) is 13.9. The van der Waals surface area contributed by atoms with Crippen molar-refractivity contribution in [3.63, 3.8) is 0 Å². The Bertz CT molecular complexity index is 298. The number of esters is 1. The van der Waals surface area contributed by atoms with Crippen molar-refractivity contribution in [3.8, 4) is 0 Å². The molecule has 0 aromatic carbocycles. The molecule has 0 bridgehead atoms. The topological polar surface area (TPSA) is 55.6 Å². The van der Waals surface area contributed by atoms with Crippen LogP contribution in [0.2, 0.25) is 0 Å². The van der Waals surface area contributed by atoms with Gasteiger partial charge in [-0.1, -0.05) is 13.8 Å². The zero-order valence-corrected chi connectivity index (χ0v) is 11.2. The van der Waals surface area contributed by atoms with Gasteiger partial charge in [-0.05, 0) is 25.9 Å². The lowest BCUT2D eigenvalue weighted by Crippen LogP contribution is -2.35. The van der Waals surface area contributed by atoms with E-state index < -0.39 is 24.4 Å². The normalized spacial score (nSPS) is 24.7. The molecule has 2 unspecified atom stereocenters. The van der Waals surface area contributed by atoms with E-state index in [0.29, 0.717) is 19.0 Å². The molecule has 1 saturated heterocycles. The van der Waals surface area contributed by atoms with Crippen molar-refractivity contribution in [2.75, 3.05) is 20.1 Å². The van der Waals surface area contributed by atoms with Crippen molar-refractivity contribution < 1.29 is 18.3 Å². The summed E-state index contributed by atoms with van der Waals surface area (Å²) in [5.41, 5.74) is 5.91. The molecule has 6 heteroatoms. The Morgan fingerprint density at radius 1 is 1.56 bits per heavy atom. The first kappa shape index (κ1) is 15.3. The number of rotatable bonds is 6. The average Bonchev–Trinajstić information content (AvgIpc) is 2.48.